The predicted molar refractivity (Wildman–Crippen MR) is 64.3 cm³/mol. The van der Waals surface area contributed by atoms with Crippen molar-refractivity contribution in [3.63, 3.8) is 0 Å². The Morgan fingerprint density at radius 3 is 2.00 bits per heavy atom. The van der Waals surface area contributed by atoms with Crippen LogP contribution in [-0.2, 0) is 0 Å². The van der Waals surface area contributed by atoms with Crippen LogP contribution in [-0.4, -0.2) is 29.9 Å². The first-order chi connectivity index (χ1) is 9.47. The van der Waals surface area contributed by atoms with E-state index < -0.39 is 42.2 Å². The van der Waals surface area contributed by atoms with Gasteiger partial charge in [-0.3, -0.25) is 0 Å². The molecule has 0 aliphatic heterocycles. The summed E-state index contributed by atoms with van der Waals surface area (Å²) >= 11 is 0. The Kier molecular flexibility index (Phi) is 6.92. The highest BCUT2D eigenvalue weighted by Crippen LogP contribution is 2.36. The van der Waals surface area contributed by atoms with Crippen molar-refractivity contribution >= 4 is 12.4 Å². The molecule has 0 radical (unpaired) electrons. The molecule has 0 spiro atoms. The number of benzene rings is 1. The van der Waals surface area contributed by atoms with E-state index in [1.54, 1.807) is 0 Å². The van der Waals surface area contributed by atoms with Gasteiger partial charge in [0, 0.05) is 5.56 Å². The van der Waals surface area contributed by atoms with Crippen LogP contribution in [0.2, 0.25) is 0 Å². The molecular formula is C11H11ClF7NO2. The molecule has 0 aliphatic rings. The van der Waals surface area contributed by atoms with Crippen molar-refractivity contribution < 1.29 is 40.6 Å². The number of hydrogen-bond acceptors (Lipinski definition) is 3. The predicted octanol–water partition coefficient (Wildman–Crippen LogP) is 3.27. The second-order valence-corrected chi connectivity index (χ2v) is 4.01. The van der Waals surface area contributed by atoms with E-state index in [9.17, 15) is 30.7 Å². The normalized spacial score (nSPS) is 15.2. The molecule has 0 aromatic heterocycles. The molecule has 0 unspecified atom stereocenters. The summed E-state index contributed by atoms with van der Waals surface area (Å²) in [5.74, 6) is -0.974. The fraction of sp³-hybridized carbons (Fsp3) is 0.455. The highest BCUT2D eigenvalue weighted by Gasteiger charge is 2.46. The fourth-order valence-corrected chi connectivity index (χ4v) is 1.41. The van der Waals surface area contributed by atoms with Crippen molar-refractivity contribution in [2.24, 2.45) is 5.73 Å². The van der Waals surface area contributed by atoms with Crippen molar-refractivity contribution in [1.29, 1.82) is 0 Å². The van der Waals surface area contributed by atoms with Crippen LogP contribution in [0.25, 0.3) is 0 Å². The molecule has 3 N–H and O–H groups in total. The first kappa shape index (κ1) is 20.7. The van der Waals surface area contributed by atoms with E-state index in [2.05, 4.69) is 4.74 Å². The largest absolute Gasteiger partial charge is 0.461 e. The zero-order valence-electron chi connectivity index (χ0n) is 10.5. The van der Waals surface area contributed by atoms with Crippen molar-refractivity contribution in [3.8, 4) is 5.75 Å². The molecule has 0 aliphatic carbocycles. The third kappa shape index (κ3) is 4.89. The molecule has 0 saturated heterocycles. The van der Waals surface area contributed by atoms with E-state index in [-0.39, 0.29) is 12.4 Å². The van der Waals surface area contributed by atoms with Gasteiger partial charge in [0.1, 0.15) is 5.75 Å². The maximum atomic E-state index is 12.8. The highest BCUT2D eigenvalue weighted by molar-refractivity contribution is 5.85. The number of alkyl halides is 7. The summed E-state index contributed by atoms with van der Waals surface area (Å²) < 4.78 is 90.5. The summed E-state index contributed by atoms with van der Waals surface area (Å²) in [6, 6.07) is 1.64. The number of hydrogen-bond donors (Lipinski definition) is 2. The Morgan fingerprint density at radius 2 is 1.55 bits per heavy atom. The molecule has 0 bridgehead atoms. The molecule has 0 heterocycles. The van der Waals surface area contributed by atoms with Crippen molar-refractivity contribution in [2.45, 2.75) is 30.9 Å². The number of para-hydroxylation sites is 1. The number of aliphatic hydroxyl groups is 1. The fourth-order valence-electron chi connectivity index (χ4n) is 1.41. The molecule has 1 aromatic rings. The van der Waals surface area contributed by atoms with E-state index in [0.717, 1.165) is 24.3 Å². The molecule has 1 aromatic carbocycles. The molecule has 3 nitrogen and oxygen atoms in total. The van der Waals surface area contributed by atoms with Gasteiger partial charge in [-0.25, -0.2) is 0 Å². The Bertz CT molecular complexity index is 484. The lowest BCUT2D eigenvalue weighted by molar-refractivity contribution is -0.253. The number of rotatable bonds is 5. The van der Waals surface area contributed by atoms with Crippen LogP contribution < -0.4 is 10.5 Å². The second-order valence-electron chi connectivity index (χ2n) is 4.01. The van der Waals surface area contributed by atoms with Gasteiger partial charge >= 0.3 is 18.7 Å². The molecule has 0 amide bonds. The summed E-state index contributed by atoms with van der Waals surface area (Å²) in [6.45, 7) is 0. The molecular weight excluding hydrogens is 347 g/mol. The van der Waals surface area contributed by atoms with Gasteiger partial charge in [0.15, 0.2) is 6.10 Å². The van der Waals surface area contributed by atoms with Crippen LogP contribution in [0.4, 0.5) is 30.7 Å². The summed E-state index contributed by atoms with van der Waals surface area (Å²) in [5, 5.41) is 9.00. The maximum Gasteiger partial charge on any atom is 0.461 e. The third-order valence-electron chi connectivity index (χ3n) is 2.45. The van der Waals surface area contributed by atoms with Crippen LogP contribution in [0, 0.1) is 0 Å². The Balaban J connectivity index is 0.00000441. The third-order valence-corrected chi connectivity index (χ3v) is 2.45. The topological polar surface area (TPSA) is 55.5 Å². The summed E-state index contributed by atoms with van der Waals surface area (Å²) in [4.78, 5) is 0. The van der Waals surface area contributed by atoms with Gasteiger partial charge in [0.05, 0.1) is 6.04 Å². The van der Waals surface area contributed by atoms with Gasteiger partial charge in [-0.05, 0) is 6.07 Å². The molecule has 2 atom stereocenters. The van der Waals surface area contributed by atoms with E-state index in [1.807, 2.05) is 0 Å². The first-order valence-corrected chi connectivity index (χ1v) is 5.41. The van der Waals surface area contributed by atoms with Gasteiger partial charge in [-0.2, -0.15) is 30.7 Å². The highest BCUT2D eigenvalue weighted by atomic mass is 35.5. The minimum atomic E-state index is -5.11. The van der Waals surface area contributed by atoms with E-state index in [4.69, 9.17) is 10.8 Å². The lowest BCUT2D eigenvalue weighted by Gasteiger charge is -2.25. The molecule has 11 heteroatoms. The average Bonchev–Trinajstić information content (AvgIpc) is 2.36. The molecule has 0 saturated carbocycles. The van der Waals surface area contributed by atoms with Gasteiger partial charge in [-0.15, -0.1) is 12.4 Å². The molecule has 0 fully saturated rings. The minimum absolute atomic E-state index is 0. The second kappa shape index (κ2) is 7.34. The molecule has 128 valence electrons. The van der Waals surface area contributed by atoms with Gasteiger partial charge < -0.3 is 15.6 Å². The van der Waals surface area contributed by atoms with E-state index in [0.29, 0.717) is 0 Å². The molecule has 1 rings (SSSR count). The minimum Gasteiger partial charge on any atom is -0.428 e. The zero-order valence-corrected chi connectivity index (χ0v) is 11.3. The lowest BCUT2D eigenvalue weighted by Crippen LogP contribution is -2.40. The monoisotopic (exact) mass is 357 g/mol. The van der Waals surface area contributed by atoms with Crippen LogP contribution >= 0.6 is 12.4 Å². The van der Waals surface area contributed by atoms with Gasteiger partial charge in [-0.1, -0.05) is 18.2 Å². The number of halogens is 8. The van der Waals surface area contributed by atoms with Crippen LogP contribution in [0.3, 0.4) is 0 Å². The van der Waals surface area contributed by atoms with Crippen molar-refractivity contribution in [1.82, 2.24) is 0 Å². The molecule has 22 heavy (non-hydrogen) atoms. The Hall–Kier alpha value is -1.26. The SMILES string of the molecule is Cl.N[C@H](c1ccccc1OC(F)(F)C(F)F)[C@@H](O)C(F)(F)F. The smallest absolute Gasteiger partial charge is 0.428 e. The average molecular weight is 358 g/mol. The first-order valence-electron chi connectivity index (χ1n) is 5.41. The number of ether oxygens (including phenoxy) is 1. The number of nitrogens with two attached hydrogens (primary N) is 1. The summed E-state index contributed by atoms with van der Waals surface area (Å²) in [6.07, 6.45) is -17.3. The Morgan fingerprint density at radius 1 is 1.05 bits per heavy atom. The van der Waals surface area contributed by atoms with Crippen LogP contribution in [0.1, 0.15) is 11.6 Å². The zero-order chi connectivity index (χ0) is 16.4. The lowest BCUT2D eigenvalue weighted by atomic mass is 10.0. The van der Waals surface area contributed by atoms with Crippen LogP contribution in [0.5, 0.6) is 5.75 Å². The summed E-state index contributed by atoms with van der Waals surface area (Å²) in [5.41, 5.74) is 4.46. The van der Waals surface area contributed by atoms with Crippen molar-refractivity contribution in [2.75, 3.05) is 0 Å². The van der Waals surface area contributed by atoms with Gasteiger partial charge in [0.25, 0.3) is 0 Å². The maximum absolute atomic E-state index is 12.8. The number of aliphatic hydroxyl groups excluding tert-OH is 1. The summed E-state index contributed by atoms with van der Waals surface area (Å²) in [7, 11) is 0. The van der Waals surface area contributed by atoms with Gasteiger partial charge in [0.2, 0.25) is 0 Å². The van der Waals surface area contributed by atoms with E-state index in [1.165, 1.54) is 0 Å². The standard InChI is InChI=1S/C11H10F7NO2.ClH/c12-9(13)11(17,18)21-6-4-2-1-3-5(6)7(19)8(20)10(14,15)16;/h1-4,7-9,20H,19H2;1H/t7-,8-;/m1./s1. The van der Waals surface area contributed by atoms with E-state index >= 15 is 0 Å². The Labute approximate surface area is 126 Å². The quantitative estimate of drug-likeness (QED) is 0.795. The van der Waals surface area contributed by atoms with Crippen molar-refractivity contribution in [3.05, 3.63) is 29.8 Å². The van der Waals surface area contributed by atoms with Crippen LogP contribution in [0.15, 0.2) is 24.3 Å².